The van der Waals surface area contributed by atoms with Gasteiger partial charge in [0, 0.05) is 0 Å². The van der Waals surface area contributed by atoms with Crippen LogP contribution in [0.1, 0.15) is 20.3 Å². The SMILES string of the molecule is C[C](C)=[Hf+2].[C-]1=CC=CC1.[Cl-].[Cl-].c1ccc2[cH-]ccc2c1. The minimum Gasteiger partial charge on any atom is -1.00 e. The molecule has 2 aromatic rings. The number of halogens is 2. The fourth-order valence-corrected chi connectivity index (χ4v) is 1.41. The minimum atomic E-state index is 0. The predicted octanol–water partition coefficient (Wildman–Crippen LogP) is -1.38. The Bertz CT molecular complexity index is 494. The summed E-state index contributed by atoms with van der Waals surface area (Å²) in [6.07, 6.45) is 10.0. The normalized spacial score (nSPS) is 10.4. The van der Waals surface area contributed by atoms with Gasteiger partial charge in [0.15, 0.2) is 0 Å². The van der Waals surface area contributed by atoms with Gasteiger partial charge in [0.25, 0.3) is 0 Å². The van der Waals surface area contributed by atoms with Crippen LogP contribution in [0.15, 0.2) is 60.7 Å². The van der Waals surface area contributed by atoms with E-state index in [4.69, 9.17) is 0 Å². The molecule has 3 rings (SSSR count). The summed E-state index contributed by atoms with van der Waals surface area (Å²) in [6.45, 7) is 4.29. The summed E-state index contributed by atoms with van der Waals surface area (Å²) in [4.78, 5) is 0. The molecule has 0 heterocycles. The Morgan fingerprint density at radius 2 is 1.80 bits per heavy atom. The summed E-state index contributed by atoms with van der Waals surface area (Å²) in [7, 11) is 0. The summed E-state index contributed by atoms with van der Waals surface area (Å²) in [6, 6.07) is 14.7. The van der Waals surface area contributed by atoms with Crippen LogP contribution < -0.4 is 24.8 Å². The Labute approximate surface area is 149 Å². The van der Waals surface area contributed by atoms with Gasteiger partial charge >= 0.3 is 41.0 Å². The first-order valence-corrected chi connectivity index (χ1v) is 7.83. The molecule has 0 atom stereocenters. The van der Waals surface area contributed by atoms with Crippen molar-refractivity contribution in [1.29, 1.82) is 0 Å². The van der Waals surface area contributed by atoms with Gasteiger partial charge in [0.2, 0.25) is 0 Å². The fraction of sp³-hybridized carbons (Fsp3) is 0.176. The van der Waals surface area contributed by atoms with Crippen LogP contribution in [0.4, 0.5) is 0 Å². The molecule has 0 unspecified atom stereocenters. The maximum absolute atomic E-state index is 2.99. The average molecular weight is 472 g/mol. The molecule has 0 radical (unpaired) electrons. The Morgan fingerprint density at radius 1 is 1.15 bits per heavy atom. The van der Waals surface area contributed by atoms with Crippen LogP contribution >= 0.6 is 0 Å². The van der Waals surface area contributed by atoms with Gasteiger partial charge in [-0.2, -0.15) is 23.6 Å². The van der Waals surface area contributed by atoms with Crippen LogP contribution in [0.25, 0.3) is 10.8 Å². The van der Waals surface area contributed by atoms with Crippen LogP contribution in [0.2, 0.25) is 0 Å². The number of rotatable bonds is 0. The van der Waals surface area contributed by atoms with Crippen molar-refractivity contribution in [1.82, 2.24) is 0 Å². The molecule has 0 spiro atoms. The Morgan fingerprint density at radius 3 is 2.25 bits per heavy atom. The predicted molar refractivity (Wildman–Crippen MR) is 77.5 cm³/mol. The van der Waals surface area contributed by atoms with E-state index in [0.29, 0.717) is 0 Å². The number of fused-ring (bicyclic) bond motifs is 1. The maximum Gasteiger partial charge on any atom is -0.0809 e. The molecule has 0 N–H and O–H groups in total. The Kier molecular flexibility index (Phi) is 14.9. The zero-order chi connectivity index (χ0) is 13.2. The second-order valence-electron chi connectivity index (χ2n) is 4.16. The van der Waals surface area contributed by atoms with Crippen molar-refractivity contribution in [2.75, 3.05) is 0 Å². The van der Waals surface area contributed by atoms with Crippen molar-refractivity contribution < 1.29 is 48.7 Å². The van der Waals surface area contributed by atoms with Gasteiger partial charge in [-0.05, 0) is 0 Å². The first-order chi connectivity index (χ1) is 8.70. The topological polar surface area (TPSA) is 0 Å². The van der Waals surface area contributed by atoms with E-state index in [1.165, 1.54) is 34.7 Å². The molecule has 0 amide bonds. The van der Waals surface area contributed by atoms with Crippen molar-refractivity contribution in [2.45, 2.75) is 20.3 Å². The minimum absolute atomic E-state index is 0. The molecule has 0 saturated carbocycles. The Balaban J connectivity index is 0. The number of allylic oxidation sites excluding steroid dienone is 4. The third-order valence-corrected chi connectivity index (χ3v) is 2.13. The van der Waals surface area contributed by atoms with E-state index >= 15 is 0 Å². The third kappa shape index (κ3) is 10.4. The molecule has 0 saturated heterocycles. The van der Waals surface area contributed by atoms with E-state index in [-0.39, 0.29) is 24.8 Å². The summed E-state index contributed by atoms with van der Waals surface area (Å²) >= 11 is 1.27. The van der Waals surface area contributed by atoms with E-state index in [9.17, 15) is 0 Å². The number of benzene rings is 1. The molecule has 20 heavy (non-hydrogen) atoms. The van der Waals surface area contributed by atoms with E-state index in [1.807, 2.05) is 12.2 Å². The summed E-state index contributed by atoms with van der Waals surface area (Å²) in [5.74, 6) is 0. The average Bonchev–Trinajstić information content (AvgIpc) is 3.03. The molecule has 0 nitrogen and oxygen atoms in total. The van der Waals surface area contributed by atoms with Crippen molar-refractivity contribution in [3.63, 3.8) is 0 Å². The van der Waals surface area contributed by atoms with Gasteiger partial charge < -0.3 is 24.8 Å². The summed E-state index contributed by atoms with van der Waals surface area (Å²) < 4.78 is 1.56. The first kappa shape index (κ1) is 21.9. The fourth-order valence-electron chi connectivity index (χ4n) is 1.41. The maximum atomic E-state index is 2.99. The second kappa shape index (κ2) is 13.6. The monoisotopic (exact) mass is 472 g/mol. The van der Waals surface area contributed by atoms with Crippen LogP contribution in [-0.2, 0) is 23.9 Å². The smallest absolute Gasteiger partial charge is 0.0809 e. The number of hydrogen-bond acceptors (Lipinski definition) is 0. The summed E-state index contributed by atoms with van der Waals surface area (Å²) in [5.41, 5.74) is 0. The van der Waals surface area contributed by atoms with Crippen molar-refractivity contribution >= 4 is 14.0 Å². The largest absolute Gasteiger partial charge is 1.00 e. The standard InChI is InChI=1S/C9H7.C5H5.C3H6.2ClH.Hf/c1-2-5-9-7-3-6-8(9)4-1;1-2-4-5-3-1;1-3-2;;;/h1-7H;1-3H,4H2;1-2H3;2*1H;/q2*-1;;;;+2/p-2. The number of hydrogen-bond donors (Lipinski definition) is 0. The first-order valence-electron chi connectivity index (χ1n) is 6.04. The molecular weight excluding hydrogens is 454 g/mol. The molecule has 106 valence electrons. The molecule has 1 aliphatic carbocycles. The molecule has 0 aliphatic heterocycles. The van der Waals surface area contributed by atoms with E-state index < -0.39 is 0 Å². The van der Waals surface area contributed by atoms with Gasteiger partial charge in [-0.1, -0.05) is 6.07 Å². The molecular formula is C17H18Cl2Hf-2. The van der Waals surface area contributed by atoms with Crippen LogP contribution in [0.5, 0.6) is 0 Å². The molecule has 3 heteroatoms. The van der Waals surface area contributed by atoms with E-state index in [0.717, 1.165) is 6.42 Å². The summed E-state index contributed by atoms with van der Waals surface area (Å²) in [5, 5.41) is 2.66. The van der Waals surface area contributed by atoms with Crippen LogP contribution in [0, 0.1) is 6.08 Å². The van der Waals surface area contributed by atoms with Gasteiger partial charge in [-0.25, -0.2) is 12.2 Å². The zero-order valence-electron chi connectivity index (χ0n) is 11.7. The van der Waals surface area contributed by atoms with Crippen LogP contribution in [-0.4, -0.2) is 3.26 Å². The molecule has 1 aliphatic rings. The van der Waals surface area contributed by atoms with Gasteiger partial charge in [0.05, 0.1) is 0 Å². The van der Waals surface area contributed by atoms with Crippen molar-refractivity contribution in [3.05, 3.63) is 66.8 Å². The van der Waals surface area contributed by atoms with Gasteiger partial charge in [-0.15, -0.1) is 36.1 Å². The molecule has 0 aromatic heterocycles. The van der Waals surface area contributed by atoms with Crippen LogP contribution in [0.3, 0.4) is 0 Å². The van der Waals surface area contributed by atoms with Gasteiger partial charge in [0.1, 0.15) is 0 Å². The molecule has 0 bridgehead atoms. The quantitative estimate of drug-likeness (QED) is 0.328. The molecule has 0 fully saturated rings. The van der Waals surface area contributed by atoms with E-state index in [2.05, 4.69) is 68.5 Å². The van der Waals surface area contributed by atoms with Crippen molar-refractivity contribution in [3.8, 4) is 0 Å². The van der Waals surface area contributed by atoms with Crippen molar-refractivity contribution in [2.24, 2.45) is 0 Å². The molecule has 2 aromatic carbocycles. The third-order valence-electron chi connectivity index (χ3n) is 2.13. The second-order valence-corrected chi connectivity index (χ2v) is 7.75. The van der Waals surface area contributed by atoms with Gasteiger partial charge in [-0.3, -0.25) is 6.08 Å². The Hall–Kier alpha value is -0.370. The van der Waals surface area contributed by atoms with E-state index in [1.54, 1.807) is 3.26 Å². The zero-order valence-corrected chi connectivity index (χ0v) is 16.8.